The Bertz CT molecular complexity index is 722. The summed E-state index contributed by atoms with van der Waals surface area (Å²) in [7, 11) is 0. The van der Waals surface area contributed by atoms with Gasteiger partial charge in [-0.25, -0.2) is 0 Å². The molecule has 2 aliphatic heterocycles. The second-order valence-corrected chi connectivity index (χ2v) is 6.27. The van der Waals surface area contributed by atoms with E-state index in [4.69, 9.17) is 9.15 Å². The monoisotopic (exact) mass is 328 g/mol. The first-order chi connectivity index (χ1) is 11.7. The minimum atomic E-state index is -0.289. The van der Waals surface area contributed by atoms with E-state index in [9.17, 15) is 9.59 Å². The summed E-state index contributed by atoms with van der Waals surface area (Å²) in [5.74, 6) is 0.300. The lowest BCUT2D eigenvalue weighted by Crippen LogP contribution is -2.52. The number of amides is 2. The molecule has 0 aliphatic carbocycles. The Hall–Kier alpha value is -2.34. The van der Waals surface area contributed by atoms with Crippen molar-refractivity contribution in [3.8, 4) is 0 Å². The molecule has 1 unspecified atom stereocenters. The largest absolute Gasteiger partial charge is 0.451 e. The van der Waals surface area contributed by atoms with Gasteiger partial charge in [0.25, 0.3) is 11.8 Å². The molecule has 4 rings (SSSR count). The Morgan fingerprint density at radius 1 is 1.04 bits per heavy atom. The van der Waals surface area contributed by atoms with Crippen LogP contribution in [-0.4, -0.2) is 60.5 Å². The Balaban J connectivity index is 1.39. The maximum atomic E-state index is 12.6. The average Bonchev–Trinajstić information content (AvgIpc) is 3.30. The molecule has 0 saturated carbocycles. The third-order valence-electron chi connectivity index (χ3n) is 4.72. The predicted molar refractivity (Wildman–Crippen MR) is 87.7 cm³/mol. The summed E-state index contributed by atoms with van der Waals surface area (Å²) in [6.07, 6.45) is 1.46. The van der Waals surface area contributed by atoms with Crippen molar-refractivity contribution in [2.45, 2.75) is 18.9 Å². The van der Waals surface area contributed by atoms with Gasteiger partial charge in [-0.15, -0.1) is 0 Å². The van der Waals surface area contributed by atoms with Gasteiger partial charge in [-0.3, -0.25) is 9.59 Å². The van der Waals surface area contributed by atoms with Crippen LogP contribution in [0.3, 0.4) is 0 Å². The lowest BCUT2D eigenvalue weighted by atomic mass is 10.2. The standard InChI is InChI=1S/C18H20N2O4/c21-17(15-6-3-11-23-15)19-7-9-20(10-8-19)18(22)16-12-13-4-1-2-5-14(13)24-16/h1-2,4-5,12,15H,3,6-11H2. The highest BCUT2D eigenvalue weighted by Gasteiger charge is 2.32. The molecule has 2 aromatic rings. The molecule has 6 nitrogen and oxygen atoms in total. The van der Waals surface area contributed by atoms with Crippen LogP contribution in [0.1, 0.15) is 23.4 Å². The van der Waals surface area contributed by atoms with Crippen molar-refractivity contribution in [3.05, 3.63) is 36.1 Å². The number of para-hydroxylation sites is 1. The number of hydrogen-bond acceptors (Lipinski definition) is 4. The first-order valence-electron chi connectivity index (χ1n) is 8.40. The van der Waals surface area contributed by atoms with Crippen molar-refractivity contribution in [3.63, 3.8) is 0 Å². The molecule has 24 heavy (non-hydrogen) atoms. The van der Waals surface area contributed by atoms with Crippen LogP contribution in [0.25, 0.3) is 11.0 Å². The van der Waals surface area contributed by atoms with Gasteiger partial charge in [-0.1, -0.05) is 18.2 Å². The maximum absolute atomic E-state index is 12.6. The van der Waals surface area contributed by atoms with E-state index < -0.39 is 0 Å². The third-order valence-corrected chi connectivity index (χ3v) is 4.72. The lowest BCUT2D eigenvalue weighted by molar-refractivity contribution is -0.142. The van der Waals surface area contributed by atoms with E-state index >= 15 is 0 Å². The van der Waals surface area contributed by atoms with Gasteiger partial charge in [-0.05, 0) is 25.0 Å². The van der Waals surface area contributed by atoms with Crippen LogP contribution in [0.15, 0.2) is 34.7 Å². The lowest BCUT2D eigenvalue weighted by Gasteiger charge is -2.35. The van der Waals surface area contributed by atoms with Gasteiger partial charge < -0.3 is 19.0 Å². The number of fused-ring (bicyclic) bond motifs is 1. The molecule has 2 fully saturated rings. The van der Waals surface area contributed by atoms with Crippen molar-refractivity contribution >= 4 is 22.8 Å². The van der Waals surface area contributed by atoms with Crippen molar-refractivity contribution in [1.29, 1.82) is 0 Å². The van der Waals surface area contributed by atoms with Gasteiger partial charge in [0.15, 0.2) is 5.76 Å². The Morgan fingerprint density at radius 3 is 2.50 bits per heavy atom. The van der Waals surface area contributed by atoms with Crippen molar-refractivity contribution in [2.24, 2.45) is 0 Å². The number of ether oxygens (including phenoxy) is 1. The number of carbonyl (C=O) groups excluding carboxylic acids is 2. The van der Waals surface area contributed by atoms with E-state index in [2.05, 4.69) is 0 Å². The minimum absolute atomic E-state index is 0.0586. The van der Waals surface area contributed by atoms with Crippen LogP contribution >= 0.6 is 0 Å². The van der Waals surface area contributed by atoms with E-state index in [1.54, 1.807) is 15.9 Å². The van der Waals surface area contributed by atoms with Crippen LogP contribution < -0.4 is 0 Å². The maximum Gasteiger partial charge on any atom is 0.289 e. The summed E-state index contributed by atoms with van der Waals surface area (Å²) < 4.78 is 11.1. The van der Waals surface area contributed by atoms with Gasteiger partial charge in [-0.2, -0.15) is 0 Å². The minimum Gasteiger partial charge on any atom is -0.451 e. The fraction of sp³-hybridized carbons (Fsp3) is 0.444. The van der Waals surface area contributed by atoms with Crippen LogP contribution in [0, 0.1) is 0 Å². The van der Waals surface area contributed by atoms with Gasteiger partial charge in [0.2, 0.25) is 0 Å². The summed E-state index contributed by atoms with van der Waals surface area (Å²) in [6.45, 7) is 2.80. The molecule has 0 radical (unpaired) electrons. The molecule has 1 aromatic carbocycles. The van der Waals surface area contributed by atoms with E-state index in [0.717, 1.165) is 18.2 Å². The van der Waals surface area contributed by atoms with Gasteiger partial charge in [0.1, 0.15) is 11.7 Å². The summed E-state index contributed by atoms with van der Waals surface area (Å²) >= 11 is 0. The molecule has 0 bridgehead atoms. The Kier molecular flexibility index (Phi) is 3.98. The van der Waals surface area contributed by atoms with Crippen LogP contribution in [0.5, 0.6) is 0 Å². The van der Waals surface area contributed by atoms with E-state index in [1.807, 2.05) is 24.3 Å². The average molecular weight is 328 g/mol. The normalized spacial score (nSPS) is 21.4. The van der Waals surface area contributed by atoms with E-state index in [-0.39, 0.29) is 17.9 Å². The number of hydrogen-bond donors (Lipinski definition) is 0. The summed E-state index contributed by atoms with van der Waals surface area (Å²) in [5.41, 5.74) is 0.716. The molecule has 2 aliphatic rings. The summed E-state index contributed by atoms with van der Waals surface area (Å²) in [6, 6.07) is 9.36. The van der Waals surface area contributed by atoms with Gasteiger partial charge >= 0.3 is 0 Å². The van der Waals surface area contributed by atoms with Crippen molar-refractivity contribution in [1.82, 2.24) is 9.80 Å². The zero-order valence-electron chi connectivity index (χ0n) is 13.4. The van der Waals surface area contributed by atoms with Crippen molar-refractivity contribution < 1.29 is 18.7 Å². The Morgan fingerprint density at radius 2 is 1.79 bits per heavy atom. The van der Waals surface area contributed by atoms with Gasteiger partial charge in [0, 0.05) is 38.2 Å². The fourth-order valence-corrected chi connectivity index (χ4v) is 3.35. The highest BCUT2D eigenvalue weighted by atomic mass is 16.5. The first-order valence-corrected chi connectivity index (χ1v) is 8.40. The molecule has 1 atom stereocenters. The molecular formula is C18H20N2O4. The van der Waals surface area contributed by atoms with Crippen LogP contribution in [0.2, 0.25) is 0 Å². The number of nitrogens with zero attached hydrogens (tertiary/aromatic N) is 2. The zero-order valence-corrected chi connectivity index (χ0v) is 13.4. The second kappa shape index (κ2) is 6.28. The van der Waals surface area contributed by atoms with Gasteiger partial charge in [0.05, 0.1) is 0 Å². The van der Waals surface area contributed by atoms with Crippen LogP contribution in [0.4, 0.5) is 0 Å². The predicted octanol–water partition coefficient (Wildman–Crippen LogP) is 1.90. The molecule has 3 heterocycles. The molecule has 2 saturated heterocycles. The molecule has 0 N–H and O–H groups in total. The summed E-state index contributed by atoms with van der Waals surface area (Å²) in [4.78, 5) is 28.5. The highest BCUT2D eigenvalue weighted by molar-refractivity contribution is 5.96. The SMILES string of the molecule is O=C(c1cc2ccccc2o1)N1CCN(C(=O)C2CCCO2)CC1. The second-order valence-electron chi connectivity index (χ2n) is 6.27. The third kappa shape index (κ3) is 2.78. The molecule has 1 aromatic heterocycles. The first kappa shape index (κ1) is 15.2. The number of carbonyl (C=O) groups is 2. The number of furan rings is 1. The van der Waals surface area contributed by atoms with Crippen LogP contribution in [-0.2, 0) is 9.53 Å². The molecule has 0 spiro atoms. The number of benzene rings is 1. The molecular weight excluding hydrogens is 308 g/mol. The Labute approximate surface area is 140 Å². The molecule has 2 amide bonds. The smallest absolute Gasteiger partial charge is 0.289 e. The quantitative estimate of drug-likeness (QED) is 0.845. The topological polar surface area (TPSA) is 63.0 Å². The summed E-state index contributed by atoms with van der Waals surface area (Å²) in [5, 5.41) is 0.924. The zero-order chi connectivity index (χ0) is 16.5. The van der Waals surface area contributed by atoms with E-state index in [0.29, 0.717) is 44.1 Å². The highest BCUT2D eigenvalue weighted by Crippen LogP contribution is 2.21. The molecule has 6 heteroatoms. The number of rotatable bonds is 2. The fourth-order valence-electron chi connectivity index (χ4n) is 3.35. The molecule has 126 valence electrons. The van der Waals surface area contributed by atoms with E-state index in [1.165, 1.54) is 0 Å². The van der Waals surface area contributed by atoms with Crippen molar-refractivity contribution in [2.75, 3.05) is 32.8 Å². The number of piperazine rings is 1.